The molecule has 0 aliphatic carbocycles. The Labute approximate surface area is 117 Å². The van der Waals surface area contributed by atoms with Gasteiger partial charge in [0.25, 0.3) is 5.91 Å². The van der Waals surface area contributed by atoms with Gasteiger partial charge in [0.15, 0.2) is 0 Å². The SMILES string of the molecule is COC(=O)C(C)NC(=O)c1ccc(C)c(C#CCO)c1. The van der Waals surface area contributed by atoms with Crippen LogP contribution in [0.2, 0.25) is 0 Å². The van der Waals surface area contributed by atoms with Gasteiger partial charge in [-0.15, -0.1) is 0 Å². The molecule has 1 unspecified atom stereocenters. The number of esters is 1. The Balaban J connectivity index is 2.91. The summed E-state index contributed by atoms with van der Waals surface area (Å²) in [7, 11) is 1.26. The zero-order chi connectivity index (χ0) is 15.1. The van der Waals surface area contributed by atoms with Gasteiger partial charge >= 0.3 is 5.97 Å². The lowest BCUT2D eigenvalue weighted by atomic mass is 10.0. The van der Waals surface area contributed by atoms with Crippen LogP contribution in [-0.4, -0.2) is 36.7 Å². The number of aliphatic hydroxyl groups excluding tert-OH is 1. The molecular formula is C15H17NO4. The third kappa shape index (κ3) is 4.11. The largest absolute Gasteiger partial charge is 0.467 e. The van der Waals surface area contributed by atoms with Gasteiger partial charge < -0.3 is 15.2 Å². The number of aryl methyl sites for hydroxylation is 1. The molecule has 0 aliphatic rings. The van der Waals surface area contributed by atoms with Crippen molar-refractivity contribution in [1.29, 1.82) is 0 Å². The first-order valence-electron chi connectivity index (χ1n) is 6.08. The molecule has 0 heterocycles. The molecule has 5 heteroatoms. The van der Waals surface area contributed by atoms with Gasteiger partial charge in [0, 0.05) is 11.1 Å². The lowest BCUT2D eigenvalue weighted by Gasteiger charge is -2.12. The van der Waals surface area contributed by atoms with Crippen molar-refractivity contribution in [2.24, 2.45) is 0 Å². The second-order valence-corrected chi connectivity index (χ2v) is 4.21. The zero-order valence-electron chi connectivity index (χ0n) is 11.7. The summed E-state index contributed by atoms with van der Waals surface area (Å²) in [5.74, 6) is 4.42. The molecule has 2 N–H and O–H groups in total. The van der Waals surface area contributed by atoms with Crippen LogP contribution < -0.4 is 5.32 Å². The van der Waals surface area contributed by atoms with E-state index in [2.05, 4.69) is 21.9 Å². The highest BCUT2D eigenvalue weighted by Gasteiger charge is 2.17. The molecule has 106 valence electrons. The van der Waals surface area contributed by atoms with Crippen LogP contribution in [0.4, 0.5) is 0 Å². The quantitative estimate of drug-likeness (QED) is 0.626. The van der Waals surface area contributed by atoms with Crippen LogP contribution >= 0.6 is 0 Å². The van der Waals surface area contributed by atoms with Gasteiger partial charge in [-0.1, -0.05) is 17.9 Å². The van der Waals surface area contributed by atoms with E-state index in [0.29, 0.717) is 11.1 Å². The average Bonchev–Trinajstić information content (AvgIpc) is 2.45. The summed E-state index contributed by atoms with van der Waals surface area (Å²) in [6, 6.07) is 4.32. The number of ether oxygens (including phenoxy) is 1. The predicted octanol–water partition coefficient (Wildman–Crippen LogP) is 0.630. The highest BCUT2D eigenvalue weighted by Crippen LogP contribution is 2.10. The standard InChI is InChI=1S/C15H17NO4/c1-10-6-7-13(9-12(10)5-4-8-17)14(18)16-11(2)15(19)20-3/h6-7,9,11,17H,8H2,1-3H3,(H,16,18). The molecule has 0 bridgehead atoms. The molecule has 0 saturated heterocycles. The van der Waals surface area contributed by atoms with Crippen LogP contribution in [0, 0.1) is 18.8 Å². The monoisotopic (exact) mass is 275 g/mol. The molecule has 0 radical (unpaired) electrons. The number of carbonyl (C=O) groups is 2. The first kappa shape index (κ1) is 15.7. The number of benzene rings is 1. The van der Waals surface area contributed by atoms with Gasteiger partial charge in [-0.25, -0.2) is 4.79 Å². The van der Waals surface area contributed by atoms with Gasteiger partial charge in [-0.3, -0.25) is 4.79 Å². The van der Waals surface area contributed by atoms with Crippen LogP contribution in [0.1, 0.15) is 28.4 Å². The summed E-state index contributed by atoms with van der Waals surface area (Å²) >= 11 is 0. The van der Waals surface area contributed by atoms with Crippen molar-refractivity contribution in [3.63, 3.8) is 0 Å². The van der Waals surface area contributed by atoms with E-state index in [-0.39, 0.29) is 12.5 Å². The summed E-state index contributed by atoms with van der Waals surface area (Å²) in [5, 5.41) is 11.2. The first-order chi connectivity index (χ1) is 9.49. The molecule has 1 atom stereocenters. The molecular weight excluding hydrogens is 258 g/mol. The third-order valence-corrected chi connectivity index (χ3v) is 2.70. The van der Waals surface area contributed by atoms with Crippen molar-refractivity contribution >= 4 is 11.9 Å². The summed E-state index contributed by atoms with van der Waals surface area (Å²) in [4.78, 5) is 23.3. The average molecular weight is 275 g/mol. The van der Waals surface area contributed by atoms with E-state index in [4.69, 9.17) is 5.11 Å². The smallest absolute Gasteiger partial charge is 0.328 e. The number of rotatable bonds is 3. The molecule has 20 heavy (non-hydrogen) atoms. The molecule has 5 nitrogen and oxygen atoms in total. The van der Waals surface area contributed by atoms with E-state index in [0.717, 1.165) is 5.56 Å². The number of amides is 1. The summed E-state index contributed by atoms with van der Waals surface area (Å²) in [5.41, 5.74) is 1.97. The Kier molecular flexibility index (Phi) is 5.75. The first-order valence-corrected chi connectivity index (χ1v) is 6.08. The molecule has 0 spiro atoms. The third-order valence-electron chi connectivity index (χ3n) is 2.70. The Morgan fingerprint density at radius 3 is 2.75 bits per heavy atom. The minimum absolute atomic E-state index is 0.241. The molecule has 1 aromatic carbocycles. The normalized spacial score (nSPS) is 11.0. The van der Waals surface area contributed by atoms with Crippen LogP contribution in [-0.2, 0) is 9.53 Å². The Hall–Kier alpha value is -2.32. The predicted molar refractivity (Wildman–Crippen MR) is 74.1 cm³/mol. The lowest BCUT2D eigenvalue weighted by molar-refractivity contribution is -0.142. The summed E-state index contributed by atoms with van der Waals surface area (Å²) in [6.07, 6.45) is 0. The maximum atomic E-state index is 12.0. The minimum atomic E-state index is -0.722. The van der Waals surface area contributed by atoms with Gasteiger partial charge in [0.2, 0.25) is 0 Å². The zero-order valence-corrected chi connectivity index (χ0v) is 11.7. The fourth-order valence-electron chi connectivity index (χ4n) is 1.55. The number of aliphatic hydroxyl groups is 1. The van der Waals surface area contributed by atoms with Crippen molar-refractivity contribution in [3.8, 4) is 11.8 Å². The second-order valence-electron chi connectivity index (χ2n) is 4.21. The number of hydrogen-bond donors (Lipinski definition) is 2. The van der Waals surface area contributed by atoms with Crippen LogP contribution in [0.3, 0.4) is 0 Å². The van der Waals surface area contributed by atoms with Crippen molar-refractivity contribution in [1.82, 2.24) is 5.32 Å². The van der Waals surface area contributed by atoms with Gasteiger partial charge in [-0.2, -0.15) is 0 Å². The fourth-order valence-corrected chi connectivity index (χ4v) is 1.55. The second kappa shape index (κ2) is 7.31. The van der Waals surface area contributed by atoms with Gasteiger partial charge in [-0.05, 0) is 31.5 Å². The Morgan fingerprint density at radius 2 is 2.15 bits per heavy atom. The molecule has 1 aromatic rings. The number of carbonyl (C=O) groups excluding carboxylic acids is 2. The van der Waals surface area contributed by atoms with Crippen molar-refractivity contribution in [2.45, 2.75) is 19.9 Å². The Morgan fingerprint density at radius 1 is 1.45 bits per heavy atom. The van der Waals surface area contributed by atoms with Gasteiger partial charge in [0.05, 0.1) is 7.11 Å². The van der Waals surface area contributed by atoms with E-state index in [1.165, 1.54) is 7.11 Å². The van der Waals surface area contributed by atoms with Crippen molar-refractivity contribution in [2.75, 3.05) is 13.7 Å². The van der Waals surface area contributed by atoms with E-state index >= 15 is 0 Å². The molecule has 0 saturated carbocycles. The van der Waals surface area contributed by atoms with Crippen molar-refractivity contribution < 1.29 is 19.4 Å². The van der Waals surface area contributed by atoms with Gasteiger partial charge in [0.1, 0.15) is 12.6 Å². The molecule has 0 aromatic heterocycles. The molecule has 0 aliphatic heterocycles. The van der Waals surface area contributed by atoms with Crippen LogP contribution in [0.15, 0.2) is 18.2 Å². The lowest BCUT2D eigenvalue weighted by Crippen LogP contribution is -2.39. The summed E-state index contributed by atoms with van der Waals surface area (Å²) in [6.45, 7) is 3.17. The maximum absolute atomic E-state index is 12.0. The topological polar surface area (TPSA) is 75.6 Å². The van der Waals surface area contributed by atoms with Crippen LogP contribution in [0.25, 0.3) is 0 Å². The number of nitrogens with one attached hydrogen (secondary N) is 1. The number of hydrogen-bond acceptors (Lipinski definition) is 4. The summed E-state index contributed by atoms with van der Waals surface area (Å²) < 4.78 is 4.54. The van der Waals surface area contributed by atoms with E-state index < -0.39 is 12.0 Å². The minimum Gasteiger partial charge on any atom is -0.467 e. The maximum Gasteiger partial charge on any atom is 0.328 e. The van der Waals surface area contributed by atoms with E-state index in [1.54, 1.807) is 25.1 Å². The fraction of sp³-hybridized carbons (Fsp3) is 0.333. The number of methoxy groups -OCH3 is 1. The van der Waals surface area contributed by atoms with Crippen LogP contribution in [0.5, 0.6) is 0 Å². The Bertz CT molecular complexity index is 569. The van der Waals surface area contributed by atoms with E-state index in [9.17, 15) is 9.59 Å². The highest BCUT2D eigenvalue weighted by molar-refractivity contribution is 5.97. The molecule has 1 rings (SSSR count). The molecule has 0 fully saturated rings. The van der Waals surface area contributed by atoms with E-state index in [1.807, 2.05) is 6.92 Å². The highest BCUT2D eigenvalue weighted by atomic mass is 16.5. The molecule has 1 amide bonds. The van der Waals surface area contributed by atoms with Crippen molar-refractivity contribution in [3.05, 3.63) is 34.9 Å².